The molecule has 0 spiro atoms. The van der Waals surface area contributed by atoms with Crippen molar-refractivity contribution in [2.75, 3.05) is 13.7 Å². The van der Waals surface area contributed by atoms with Gasteiger partial charge in [-0.25, -0.2) is 0 Å². The Kier molecular flexibility index (Phi) is 5.16. The quantitative estimate of drug-likeness (QED) is 0.710. The molecule has 25 heavy (non-hydrogen) atoms. The van der Waals surface area contributed by atoms with Gasteiger partial charge in [-0.1, -0.05) is 35.1 Å². The lowest BCUT2D eigenvalue weighted by atomic mass is 10.1. The summed E-state index contributed by atoms with van der Waals surface area (Å²) < 4.78 is 8.48. The van der Waals surface area contributed by atoms with E-state index in [-0.39, 0.29) is 5.91 Å². The highest BCUT2D eigenvalue weighted by Gasteiger charge is 2.11. The van der Waals surface area contributed by atoms with E-state index in [0.717, 1.165) is 15.8 Å². The van der Waals surface area contributed by atoms with Gasteiger partial charge in [-0.15, -0.1) is 0 Å². The summed E-state index contributed by atoms with van der Waals surface area (Å²) in [6.07, 6.45) is 0. The van der Waals surface area contributed by atoms with E-state index < -0.39 is 0 Å². The summed E-state index contributed by atoms with van der Waals surface area (Å²) in [5.41, 5.74) is 5.24. The van der Waals surface area contributed by atoms with E-state index >= 15 is 0 Å². The fourth-order valence-electron chi connectivity index (χ4n) is 2.84. The molecular weight excluding hydrogens is 332 g/mol. The van der Waals surface area contributed by atoms with E-state index in [2.05, 4.69) is 35.5 Å². The highest BCUT2D eigenvalue weighted by molar-refractivity contribution is 7.16. The number of benzene rings is 2. The van der Waals surface area contributed by atoms with Gasteiger partial charge in [0.2, 0.25) is 0 Å². The minimum atomic E-state index is -0.216. The first-order valence-electron chi connectivity index (χ1n) is 8.25. The van der Waals surface area contributed by atoms with Crippen LogP contribution in [0.3, 0.4) is 0 Å². The summed E-state index contributed by atoms with van der Waals surface area (Å²) in [6, 6.07) is 11.8. The lowest BCUT2D eigenvalue weighted by molar-refractivity contribution is 0.0997. The largest absolute Gasteiger partial charge is 0.383 e. The Labute approximate surface area is 151 Å². The molecule has 0 unspecified atom stereocenters. The van der Waals surface area contributed by atoms with E-state index in [9.17, 15) is 4.79 Å². The molecule has 0 N–H and O–H groups in total. The number of aromatic nitrogens is 1. The second kappa shape index (κ2) is 7.33. The summed E-state index contributed by atoms with van der Waals surface area (Å²) in [5, 5.41) is 0. The average molecular weight is 354 g/mol. The Morgan fingerprint density at radius 2 is 1.84 bits per heavy atom. The maximum atomic E-state index is 12.6. The van der Waals surface area contributed by atoms with Crippen LogP contribution in [0.4, 0.5) is 0 Å². The van der Waals surface area contributed by atoms with Crippen LogP contribution in [-0.2, 0) is 11.3 Å². The molecule has 1 heterocycles. The highest BCUT2D eigenvalue weighted by Crippen LogP contribution is 2.23. The number of amides is 1. The molecule has 3 aromatic rings. The van der Waals surface area contributed by atoms with Crippen molar-refractivity contribution in [2.24, 2.45) is 4.99 Å². The van der Waals surface area contributed by atoms with Crippen LogP contribution in [0.1, 0.15) is 27.0 Å². The van der Waals surface area contributed by atoms with Crippen LogP contribution in [0, 0.1) is 20.8 Å². The van der Waals surface area contributed by atoms with Crippen LogP contribution < -0.4 is 4.80 Å². The summed E-state index contributed by atoms with van der Waals surface area (Å²) in [4.78, 5) is 17.7. The van der Waals surface area contributed by atoms with Crippen molar-refractivity contribution in [1.82, 2.24) is 4.57 Å². The molecule has 0 aliphatic carbocycles. The van der Waals surface area contributed by atoms with E-state index in [1.807, 2.05) is 31.2 Å². The van der Waals surface area contributed by atoms with E-state index in [0.29, 0.717) is 23.5 Å². The number of rotatable bonds is 4. The SMILES string of the molecule is COCCn1c(=NC(=O)c2ccc(C)cc2)sc2c(C)cc(C)cc21. The van der Waals surface area contributed by atoms with Gasteiger partial charge in [-0.2, -0.15) is 4.99 Å². The number of fused-ring (bicyclic) bond motifs is 1. The molecule has 0 atom stereocenters. The first kappa shape index (κ1) is 17.6. The normalized spacial score (nSPS) is 12.1. The molecule has 0 saturated carbocycles. The van der Waals surface area contributed by atoms with Gasteiger partial charge >= 0.3 is 0 Å². The molecule has 0 fully saturated rings. The number of carbonyl (C=O) groups excluding carboxylic acids is 1. The predicted octanol–water partition coefficient (Wildman–Crippen LogP) is 4.02. The third-order valence-corrected chi connectivity index (χ3v) is 5.36. The number of hydrogen-bond donors (Lipinski definition) is 0. The Bertz CT molecular complexity index is 981. The molecule has 1 aromatic heterocycles. The smallest absolute Gasteiger partial charge is 0.279 e. The summed E-state index contributed by atoms with van der Waals surface area (Å²) in [7, 11) is 1.68. The first-order valence-corrected chi connectivity index (χ1v) is 9.06. The molecule has 1 amide bonds. The van der Waals surface area contributed by atoms with Crippen LogP contribution in [-0.4, -0.2) is 24.2 Å². The van der Waals surface area contributed by atoms with Crippen LogP contribution in [0.5, 0.6) is 0 Å². The monoisotopic (exact) mass is 354 g/mol. The van der Waals surface area contributed by atoms with Gasteiger partial charge in [-0.3, -0.25) is 4.79 Å². The summed E-state index contributed by atoms with van der Waals surface area (Å²) in [5.74, 6) is -0.216. The van der Waals surface area contributed by atoms with E-state index in [4.69, 9.17) is 4.74 Å². The van der Waals surface area contributed by atoms with Crippen molar-refractivity contribution in [3.63, 3.8) is 0 Å². The molecule has 130 valence electrons. The van der Waals surface area contributed by atoms with Crippen molar-refractivity contribution in [3.8, 4) is 0 Å². The minimum Gasteiger partial charge on any atom is -0.383 e. The zero-order valence-corrected chi connectivity index (χ0v) is 15.8. The molecule has 0 saturated heterocycles. The van der Waals surface area contributed by atoms with Gasteiger partial charge in [0.1, 0.15) is 0 Å². The standard InChI is InChI=1S/C20H22N2O2S/c1-13-5-7-16(8-6-13)19(23)21-20-22(9-10-24-4)17-12-14(2)11-15(3)18(17)25-20/h5-8,11-12H,9-10H2,1-4H3. The lowest BCUT2D eigenvalue weighted by Gasteiger charge is -2.06. The van der Waals surface area contributed by atoms with E-state index in [1.165, 1.54) is 11.1 Å². The van der Waals surface area contributed by atoms with Crippen molar-refractivity contribution in [3.05, 3.63) is 63.5 Å². The third kappa shape index (κ3) is 3.72. The summed E-state index contributed by atoms with van der Waals surface area (Å²) in [6.45, 7) is 7.42. The third-order valence-electron chi connectivity index (χ3n) is 4.13. The molecule has 2 aromatic carbocycles. The number of nitrogens with zero attached hydrogens (tertiary/aromatic N) is 2. The molecule has 5 heteroatoms. The van der Waals surface area contributed by atoms with Crippen molar-refractivity contribution in [2.45, 2.75) is 27.3 Å². The fraction of sp³-hybridized carbons (Fsp3) is 0.300. The zero-order valence-electron chi connectivity index (χ0n) is 15.0. The van der Waals surface area contributed by atoms with Crippen molar-refractivity contribution >= 4 is 27.5 Å². The number of hydrogen-bond acceptors (Lipinski definition) is 3. The molecule has 0 radical (unpaired) electrons. The van der Waals surface area contributed by atoms with Gasteiger partial charge in [-0.05, 0) is 50.1 Å². The molecule has 4 nitrogen and oxygen atoms in total. The Morgan fingerprint density at radius 3 is 2.52 bits per heavy atom. The first-order chi connectivity index (χ1) is 12.0. The number of ether oxygens (including phenoxy) is 1. The molecule has 0 bridgehead atoms. The number of thiazole rings is 1. The van der Waals surface area contributed by atoms with Gasteiger partial charge in [0.05, 0.1) is 16.8 Å². The molecule has 3 rings (SSSR count). The van der Waals surface area contributed by atoms with Gasteiger partial charge in [0.25, 0.3) is 5.91 Å². The topological polar surface area (TPSA) is 43.6 Å². The Morgan fingerprint density at radius 1 is 1.12 bits per heavy atom. The maximum Gasteiger partial charge on any atom is 0.279 e. The Hall–Kier alpha value is -2.24. The van der Waals surface area contributed by atoms with Crippen molar-refractivity contribution in [1.29, 1.82) is 0 Å². The van der Waals surface area contributed by atoms with Crippen LogP contribution in [0.15, 0.2) is 41.4 Å². The van der Waals surface area contributed by atoms with Gasteiger partial charge in [0.15, 0.2) is 4.80 Å². The second-order valence-electron chi connectivity index (χ2n) is 6.24. The van der Waals surface area contributed by atoms with Crippen molar-refractivity contribution < 1.29 is 9.53 Å². The fourth-order valence-corrected chi connectivity index (χ4v) is 3.95. The van der Waals surface area contributed by atoms with Crippen LogP contribution in [0.25, 0.3) is 10.2 Å². The summed E-state index contributed by atoms with van der Waals surface area (Å²) >= 11 is 1.56. The van der Waals surface area contributed by atoms with Crippen LogP contribution >= 0.6 is 11.3 Å². The highest BCUT2D eigenvalue weighted by atomic mass is 32.1. The van der Waals surface area contributed by atoms with Gasteiger partial charge in [0, 0.05) is 19.2 Å². The Balaban J connectivity index is 2.15. The zero-order chi connectivity index (χ0) is 18.0. The van der Waals surface area contributed by atoms with Gasteiger partial charge < -0.3 is 9.30 Å². The number of aryl methyl sites for hydroxylation is 3. The predicted molar refractivity (Wildman–Crippen MR) is 102 cm³/mol. The second-order valence-corrected chi connectivity index (χ2v) is 7.22. The average Bonchev–Trinajstić information content (AvgIpc) is 2.91. The van der Waals surface area contributed by atoms with E-state index in [1.54, 1.807) is 18.4 Å². The minimum absolute atomic E-state index is 0.216. The molecule has 0 aliphatic heterocycles. The maximum absolute atomic E-state index is 12.6. The number of carbonyl (C=O) groups is 1. The molecular formula is C20H22N2O2S. The lowest BCUT2D eigenvalue weighted by Crippen LogP contribution is -2.19. The van der Waals surface area contributed by atoms with Crippen LogP contribution in [0.2, 0.25) is 0 Å². The number of methoxy groups -OCH3 is 1. The molecule has 0 aliphatic rings.